The van der Waals surface area contributed by atoms with Crippen LogP contribution in [0.25, 0.3) is 0 Å². The van der Waals surface area contributed by atoms with Gasteiger partial charge < -0.3 is 0 Å². The molecule has 0 spiro atoms. The van der Waals surface area contributed by atoms with Crippen LogP contribution in [-0.2, 0) is 0 Å². The Morgan fingerprint density at radius 1 is 0.256 bits per heavy atom. The Morgan fingerprint density at radius 2 is 0.465 bits per heavy atom. The van der Waals surface area contributed by atoms with E-state index >= 15 is 0 Å². The zero-order chi connectivity index (χ0) is 31.0. The SMILES string of the molecule is CCCCCCCCCCCCCCCCCCCC=NCCCCCCCCCCCCCCCCCCCCCC. The summed E-state index contributed by atoms with van der Waals surface area (Å²) in [5, 5.41) is 0. The van der Waals surface area contributed by atoms with Crippen molar-refractivity contribution < 1.29 is 0 Å². The summed E-state index contributed by atoms with van der Waals surface area (Å²) in [7, 11) is 0. The smallest absolute Gasteiger partial charge is 0.0385 e. The number of nitrogens with zero attached hydrogens (tertiary/aromatic N) is 1. The molecule has 0 fully saturated rings. The number of hydrogen-bond acceptors (Lipinski definition) is 1. The monoisotopic (exact) mass is 604 g/mol. The lowest BCUT2D eigenvalue weighted by atomic mass is 10.0. The number of hydrogen-bond donors (Lipinski definition) is 0. The van der Waals surface area contributed by atoms with E-state index in [0.717, 1.165) is 6.54 Å². The molecule has 0 N–H and O–H groups in total. The van der Waals surface area contributed by atoms with E-state index in [-0.39, 0.29) is 0 Å². The largest absolute Gasteiger partial charge is 0.298 e. The first-order valence-electron chi connectivity index (χ1n) is 20.9. The maximum atomic E-state index is 4.67. The topological polar surface area (TPSA) is 12.4 Å². The molecule has 0 aromatic rings. The van der Waals surface area contributed by atoms with Crippen molar-refractivity contribution in [2.24, 2.45) is 4.99 Å². The minimum Gasteiger partial charge on any atom is -0.298 e. The van der Waals surface area contributed by atoms with Crippen LogP contribution >= 0.6 is 0 Å². The van der Waals surface area contributed by atoms with Crippen LogP contribution in [0.1, 0.15) is 258 Å². The predicted octanol–water partition coefficient (Wildman–Crippen LogP) is 15.9. The molecular formula is C42H85N. The lowest BCUT2D eigenvalue weighted by Crippen LogP contribution is -1.86. The Balaban J connectivity index is 3.08. The molecule has 0 radical (unpaired) electrons. The molecule has 0 atom stereocenters. The van der Waals surface area contributed by atoms with Crippen LogP contribution in [-0.4, -0.2) is 12.8 Å². The quantitative estimate of drug-likeness (QED) is 0.0489. The van der Waals surface area contributed by atoms with E-state index in [4.69, 9.17) is 0 Å². The van der Waals surface area contributed by atoms with Crippen LogP contribution in [0.5, 0.6) is 0 Å². The van der Waals surface area contributed by atoms with Crippen molar-refractivity contribution in [3.8, 4) is 0 Å². The molecule has 0 aliphatic rings. The van der Waals surface area contributed by atoms with Crippen molar-refractivity contribution in [2.45, 2.75) is 258 Å². The van der Waals surface area contributed by atoms with Gasteiger partial charge in [-0.25, -0.2) is 0 Å². The average Bonchev–Trinajstić information content (AvgIpc) is 3.02. The van der Waals surface area contributed by atoms with Gasteiger partial charge in [0.05, 0.1) is 0 Å². The van der Waals surface area contributed by atoms with E-state index in [1.807, 2.05) is 0 Å². The second-order valence-corrected chi connectivity index (χ2v) is 14.3. The molecule has 43 heavy (non-hydrogen) atoms. The van der Waals surface area contributed by atoms with Crippen molar-refractivity contribution in [3.63, 3.8) is 0 Å². The molecule has 1 heteroatoms. The fourth-order valence-electron chi connectivity index (χ4n) is 6.60. The van der Waals surface area contributed by atoms with Gasteiger partial charge in [-0.2, -0.15) is 0 Å². The molecule has 0 aliphatic carbocycles. The van der Waals surface area contributed by atoms with Crippen LogP contribution in [0.4, 0.5) is 0 Å². The first kappa shape index (κ1) is 42.7. The van der Waals surface area contributed by atoms with E-state index in [2.05, 4.69) is 25.1 Å². The number of unbranched alkanes of at least 4 members (excludes halogenated alkanes) is 36. The van der Waals surface area contributed by atoms with Crippen molar-refractivity contribution in [3.05, 3.63) is 0 Å². The van der Waals surface area contributed by atoms with Crippen LogP contribution in [0, 0.1) is 0 Å². The normalized spacial score (nSPS) is 11.8. The van der Waals surface area contributed by atoms with Gasteiger partial charge in [-0.05, 0) is 25.5 Å². The van der Waals surface area contributed by atoms with Gasteiger partial charge in [0, 0.05) is 6.54 Å². The van der Waals surface area contributed by atoms with Gasteiger partial charge in [-0.3, -0.25) is 4.99 Å². The summed E-state index contributed by atoms with van der Waals surface area (Å²) in [6.45, 7) is 5.68. The first-order valence-corrected chi connectivity index (χ1v) is 20.9. The number of aliphatic imine (C=N–C) groups is 1. The highest BCUT2D eigenvalue weighted by Gasteiger charge is 1.97. The molecule has 0 rings (SSSR count). The summed E-state index contributed by atoms with van der Waals surface area (Å²) < 4.78 is 0. The lowest BCUT2D eigenvalue weighted by Gasteiger charge is -2.04. The van der Waals surface area contributed by atoms with Gasteiger partial charge in [-0.1, -0.05) is 239 Å². The molecule has 1 nitrogen and oxygen atoms in total. The molecule has 0 bridgehead atoms. The van der Waals surface area contributed by atoms with Crippen LogP contribution in [0.2, 0.25) is 0 Å². The average molecular weight is 604 g/mol. The Labute approximate surface area is 275 Å². The molecule has 0 aromatic carbocycles. The lowest BCUT2D eigenvalue weighted by molar-refractivity contribution is 0.522. The molecule has 0 unspecified atom stereocenters. The maximum Gasteiger partial charge on any atom is 0.0385 e. The molecular weight excluding hydrogens is 518 g/mol. The van der Waals surface area contributed by atoms with Crippen LogP contribution < -0.4 is 0 Å². The zero-order valence-electron chi connectivity index (χ0n) is 30.6. The summed E-state index contributed by atoms with van der Waals surface area (Å²) in [5.41, 5.74) is 0. The highest BCUT2D eigenvalue weighted by Crippen LogP contribution is 2.16. The van der Waals surface area contributed by atoms with Gasteiger partial charge in [0.25, 0.3) is 0 Å². The second-order valence-electron chi connectivity index (χ2n) is 14.3. The highest BCUT2D eigenvalue weighted by atomic mass is 14.7. The Morgan fingerprint density at radius 3 is 0.721 bits per heavy atom. The molecule has 0 aliphatic heterocycles. The minimum absolute atomic E-state index is 1.07. The van der Waals surface area contributed by atoms with Gasteiger partial charge >= 0.3 is 0 Å². The standard InChI is InChI=1S/C42H85N/c1-3-5-7-9-11-13-15-17-19-21-23-24-26-28-30-32-34-36-38-40-42-43-41-39-37-35-33-31-29-27-25-22-20-18-16-14-12-10-8-6-4-2/h41H,3-40,42H2,1-2H3. The van der Waals surface area contributed by atoms with Gasteiger partial charge in [0.1, 0.15) is 0 Å². The van der Waals surface area contributed by atoms with Gasteiger partial charge in [0.15, 0.2) is 0 Å². The first-order chi connectivity index (χ1) is 21.4. The molecule has 0 aromatic heterocycles. The Bertz CT molecular complexity index is 483. The minimum atomic E-state index is 1.07. The molecule has 0 saturated carbocycles. The van der Waals surface area contributed by atoms with Crippen LogP contribution in [0.3, 0.4) is 0 Å². The fraction of sp³-hybridized carbons (Fsp3) is 0.976. The summed E-state index contributed by atoms with van der Waals surface area (Å²) in [6, 6.07) is 0. The molecule has 0 amide bonds. The van der Waals surface area contributed by atoms with Gasteiger partial charge in [-0.15, -0.1) is 0 Å². The third-order valence-electron chi connectivity index (χ3n) is 9.71. The predicted molar refractivity (Wildman–Crippen MR) is 200 cm³/mol. The Kier molecular flexibility index (Phi) is 41.4. The highest BCUT2D eigenvalue weighted by molar-refractivity contribution is 5.56. The van der Waals surface area contributed by atoms with E-state index in [0.29, 0.717) is 0 Å². The third-order valence-corrected chi connectivity index (χ3v) is 9.71. The zero-order valence-corrected chi connectivity index (χ0v) is 30.6. The summed E-state index contributed by atoms with van der Waals surface area (Å²) in [6.07, 6.45) is 57.1. The second kappa shape index (κ2) is 41.7. The van der Waals surface area contributed by atoms with Crippen molar-refractivity contribution in [1.82, 2.24) is 0 Å². The number of rotatable bonds is 39. The third kappa shape index (κ3) is 41.7. The fourth-order valence-corrected chi connectivity index (χ4v) is 6.60. The van der Waals surface area contributed by atoms with Crippen molar-refractivity contribution >= 4 is 6.21 Å². The van der Waals surface area contributed by atoms with Gasteiger partial charge in [0.2, 0.25) is 0 Å². The summed E-state index contributed by atoms with van der Waals surface area (Å²) >= 11 is 0. The Hall–Kier alpha value is -0.330. The van der Waals surface area contributed by atoms with E-state index < -0.39 is 0 Å². The summed E-state index contributed by atoms with van der Waals surface area (Å²) in [4.78, 5) is 4.67. The molecule has 0 heterocycles. The van der Waals surface area contributed by atoms with E-state index in [1.54, 1.807) is 0 Å². The maximum absolute atomic E-state index is 4.67. The van der Waals surface area contributed by atoms with E-state index in [9.17, 15) is 0 Å². The van der Waals surface area contributed by atoms with Crippen LogP contribution in [0.15, 0.2) is 4.99 Å². The van der Waals surface area contributed by atoms with Crippen molar-refractivity contribution in [2.75, 3.05) is 6.54 Å². The molecule has 258 valence electrons. The molecule has 0 saturated heterocycles. The van der Waals surface area contributed by atoms with E-state index in [1.165, 1.54) is 244 Å². The van der Waals surface area contributed by atoms with Crippen molar-refractivity contribution in [1.29, 1.82) is 0 Å². The summed E-state index contributed by atoms with van der Waals surface area (Å²) in [5.74, 6) is 0.